The maximum absolute atomic E-state index is 9.40. The predicted molar refractivity (Wildman–Crippen MR) is 100 cm³/mol. The molecule has 0 spiro atoms. The highest BCUT2D eigenvalue weighted by Gasteiger charge is 2.16. The maximum Gasteiger partial charge on any atom is 0.295 e. The minimum Gasteiger partial charge on any atom is -0.424 e. The summed E-state index contributed by atoms with van der Waals surface area (Å²) in [6.45, 7) is -0.0681. The highest BCUT2D eigenvalue weighted by molar-refractivity contribution is 5.82. The molecular weight excluding hydrogens is 314 g/mol. The Balaban J connectivity index is 1.61. The fraction of sp³-hybridized carbons (Fsp3) is 0.350. The van der Waals surface area contributed by atoms with Crippen LogP contribution in [0.15, 0.2) is 40.8 Å². The molecule has 1 heterocycles. The molecule has 0 bridgehead atoms. The van der Waals surface area contributed by atoms with E-state index in [9.17, 15) is 5.11 Å². The number of nitrogens with one attached hydrogen (secondary N) is 1. The first-order valence-electron chi connectivity index (χ1n) is 8.90. The standard InChI is InChI=1S/C20H23N3O2/c21-17-8-6-13(10-15(17)12-24)14-7-9-19-18(11-14)23-20(25-19)22-16-4-2-1-3-5-16/h6-11,16,24H,1-5,12,21H2,(H,22,23). The van der Waals surface area contributed by atoms with Crippen molar-refractivity contribution >= 4 is 22.8 Å². The van der Waals surface area contributed by atoms with Crippen LogP contribution in [0.25, 0.3) is 22.2 Å². The average molecular weight is 337 g/mol. The van der Waals surface area contributed by atoms with E-state index in [0.29, 0.717) is 17.7 Å². The molecule has 0 radical (unpaired) electrons. The molecule has 2 aromatic carbocycles. The minimum absolute atomic E-state index is 0.0681. The van der Waals surface area contributed by atoms with E-state index in [2.05, 4.69) is 10.3 Å². The molecule has 5 nitrogen and oxygen atoms in total. The highest BCUT2D eigenvalue weighted by Crippen LogP contribution is 2.29. The monoisotopic (exact) mass is 337 g/mol. The number of hydrogen-bond acceptors (Lipinski definition) is 5. The van der Waals surface area contributed by atoms with Gasteiger partial charge in [-0.15, -0.1) is 0 Å². The van der Waals surface area contributed by atoms with Crippen LogP contribution in [-0.4, -0.2) is 16.1 Å². The van der Waals surface area contributed by atoms with Gasteiger partial charge in [0.1, 0.15) is 5.52 Å². The average Bonchev–Trinajstić information content (AvgIpc) is 3.04. The number of benzene rings is 2. The quantitative estimate of drug-likeness (QED) is 0.618. The van der Waals surface area contributed by atoms with Crippen molar-refractivity contribution in [2.24, 2.45) is 0 Å². The van der Waals surface area contributed by atoms with Crippen molar-refractivity contribution in [2.75, 3.05) is 11.1 Å². The van der Waals surface area contributed by atoms with Gasteiger partial charge in [-0.05, 0) is 48.2 Å². The van der Waals surface area contributed by atoms with Crippen molar-refractivity contribution in [3.8, 4) is 11.1 Å². The van der Waals surface area contributed by atoms with E-state index < -0.39 is 0 Å². The van der Waals surface area contributed by atoms with Gasteiger partial charge in [-0.2, -0.15) is 4.98 Å². The fourth-order valence-electron chi connectivity index (χ4n) is 3.51. The van der Waals surface area contributed by atoms with Crippen molar-refractivity contribution in [2.45, 2.75) is 44.8 Å². The third-order valence-corrected chi connectivity index (χ3v) is 4.97. The summed E-state index contributed by atoms with van der Waals surface area (Å²) < 4.78 is 5.84. The van der Waals surface area contributed by atoms with Gasteiger partial charge >= 0.3 is 0 Å². The van der Waals surface area contributed by atoms with E-state index >= 15 is 0 Å². The second kappa shape index (κ2) is 6.76. The van der Waals surface area contributed by atoms with Gasteiger partial charge in [-0.1, -0.05) is 31.4 Å². The molecule has 4 rings (SSSR count). The normalized spacial score (nSPS) is 15.6. The molecule has 4 N–H and O–H groups in total. The SMILES string of the molecule is Nc1ccc(-c2ccc3oc(NC4CCCCC4)nc3c2)cc1CO. The summed E-state index contributed by atoms with van der Waals surface area (Å²) in [6, 6.07) is 12.7. The van der Waals surface area contributed by atoms with Crippen molar-refractivity contribution in [1.29, 1.82) is 0 Å². The summed E-state index contributed by atoms with van der Waals surface area (Å²) in [5, 5.41) is 12.8. The van der Waals surface area contributed by atoms with Crippen LogP contribution < -0.4 is 11.1 Å². The lowest BCUT2D eigenvalue weighted by atomic mass is 9.96. The van der Waals surface area contributed by atoms with E-state index in [1.54, 1.807) is 0 Å². The molecule has 0 unspecified atom stereocenters. The van der Waals surface area contributed by atoms with Gasteiger partial charge < -0.3 is 20.6 Å². The predicted octanol–water partition coefficient (Wildman–Crippen LogP) is 4.31. The summed E-state index contributed by atoms with van der Waals surface area (Å²) in [5.74, 6) is 0. The van der Waals surface area contributed by atoms with Crippen LogP contribution in [0.3, 0.4) is 0 Å². The third-order valence-electron chi connectivity index (χ3n) is 4.97. The number of oxazole rings is 1. The van der Waals surface area contributed by atoms with Crippen LogP contribution in [-0.2, 0) is 6.61 Å². The van der Waals surface area contributed by atoms with E-state index in [1.165, 1.54) is 32.1 Å². The van der Waals surface area contributed by atoms with Crippen molar-refractivity contribution in [3.63, 3.8) is 0 Å². The largest absolute Gasteiger partial charge is 0.424 e. The van der Waals surface area contributed by atoms with Crippen LogP contribution >= 0.6 is 0 Å². The first kappa shape index (κ1) is 16.0. The van der Waals surface area contributed by atoms with Crippen LogP contribution in [0, 0.1) is 0 Å². The maximum atomic E-state index is 9.40. The Morgan fingerprint density at radius 2 is 1.84 bits per heavy atom. The number of fused-ring (bicyclic) bond motifs is 1. The molecule has 0 aliphatic heterocycles. The number of aromatic nitrogens is 1. The molecular formula is C20H23N3O2. The highest BCUT2D eigenvalue weighted by atomic mass is 16.4. The van der Waals surface area contributed by atoms with Crippen LogP contribution in [0.4, 0.5) is 11.7 Å². The molecule has 0 amide bonds. The Morgan fingerprint density at radius 1 is 1.08 bits per heavy atom. The van der Waals surface area contributed by atoms with Crippen LogP contribution in [0.5, 0.6) is 0 Å². The molecule has 1 fully saturated rings. The van der Waals surface area contributed by atoms with Gasteiger partial charge in [-0.3, -0.25) is 0 Å². The molecule has 130 valence electrons. The van der Waals surface area contributed by atoms with Gasteiger partial charge in [-0.25, -0.2) is 0 Å². The van der Waals surface area contributed by atoms with Gasteiger partial charge in [0.15, 0.2) is 5.58 Å². The number of hydrogen-bond donors (Lipinski definition) is 3. The summed E-state index contributed by atoms with van der Waals surface area (Å²) >= 11 is 0. The van der Waals surface area contributed by atoms with E-state index in [-0.39, 0.29) is 6.61 Å². The fourth-order valence-corrected chi connectivity index (χ4v) is 3.51. The van der Waals surface area contributed by atoms with E-state index in [1.807, 2.05) is 36.4 Å². The molecule has 0 saturated heterocycles. The lowest BCUT2D eigenvalue weighted by molar-refractivity contribution is 0.282. The Hall–Kier alpha value is -2.53. The van der Waals surface area contributed by atoms with Crippen molar-refractivity contribution in [1.82, 2.24) is 4.98 Å². The second-order valence-electron chi connectivity index (χ2n) is 6.75. The first-order chi connectivity index (χ1) is 12.2. The van der Waals surface area contributed by atoms with Crippen molar-refractivity contribution in [3.05, 3.63) is 42.0 Å². The number of aliphatic hydroxyl groups excluding tert-OH is 1. The lowest BCUT2D eigenvalue weighted by Crippen LogP contribution is -2.22. The number of aliphatic hydroxyl groups is 1. The molecule has 0 atom stereocenters. The van der Waals surface area contributed by atoms with Crippen molar-refractivity contribution < 1.29 is 9.52 Å². The van der Waals surface area contributed by atoms with E-state index in [4.69, 9.17) is 10.2 Å². The van der Waals surface area contributed by atoms with Gasteiger partial charge in [0.2, 0.25) is 0 Å². The first-order valence-corrected chi connectivity index (χ1v) is 8.90. The minimum atomic E-state index is -0.0681. The number of nitrogens with two attached hydrogens (primary N) is 1. The molecule has 1 saturated carbocycles. The summed E-state index contributed by atoms with van der Waals surface area (Å²) in [5.41, 5.74) is 10.8. The topological polar surface area (TPSA) is 84.3 Å². The van der Waals surface area contributed by atoms with Gasteiger partial charge in [0.05, 0.1) is 6.61 Å². The molecule has 1 aromatic heterocycles. The summed E-state index contributed by atoms with van der Waals surface area (Å²) in [7, 11) is 0. The molecule has 1 aliphatic carbocycles. The van der Waals surface area contributed by atoms with Gasteiger partial charge in [0, 0.05) is 17.3 Å². The summed E-state index contributed by atoms with van der Waals surface area (Å²) in [6.07, 6.45) is 6.23. The Bertz CT molecular complexity index is 882. The summed E-state index contributed by atoms with van der Waals surface area (Å²) in [4.78, 5) is 4.60. The van der Waals surface area contributed by atoms with Crippen LogP contribution in [0.2, 0.25) is 0 Å². The Labute approximate surface area is 146 Å². The Kier molecular flexibility index (Phi) is 4.32. The zero-order chi connectivity index (χ0) is 17.2. The second-order valence-corrected chi connectivity index (χ2v) is 6.75. The lowest BCUT2D eigenvalue weighted by Gasteiger charge is -2.21. The van der Waals surface area contributed by atoms with E-state index in [0.717, 1.165) is 27.8 Å². The number of nitrogen functional groups attached to an aromatic ring is 1. The van der Waals surface area contributed by atoms with Crippen LogP contribution in [0.1, 0.15) is 37.7 Å². The number of anilines is 2. The molecule has 5 heteroatoms. The molecule has 3 aromatic rings. The zero-order valence-corrected chi connectivity index (χ0v) is 14.2. The number of rotatable bonds is 4. The molecule has 25 heavy (non-hydrogen) atoms. The smallest absolute Gasteiger partial charge is 0.295 e. The number of nitrogens with zero attached hydrogens (tertiary/aromatic N) is 1. The van der Waals surface area contributed by atoms with Gasteiger partial charge in [0.25, 0.3) is 6.01 Å². The molecule has 1 aliphatic rings. The Morgan fingerprint density at radius 3 is 2.64 bits per heavy atom. The zero-order valence-electron chi connectivity index (χ0n) is 14.2. The third kappa shape index (κ3) is 3.33.